The van der Waals surface area contributed by atoms with Gasteiger partial charge >= 0.3 is 0 Å². The van der Waals surface area contributed by atoms with Gasteiger partial charge in [0.25, 0.3) is 0 Å². The first-order valence-corrected chi connectivity index (χ1v) is 8.02. The summed E-state index contributed by atoms with van der Waals surface area (Å²) in [6, 6.07) is 3.74. The first-order chi connectivity index (χ1) is 10.1. The third-order valence-corrected chi connectivity index (χ3v) is 4.12. The summed E-state index contributed by atoms with van der Waals surface area (Å²) in [7, 11) is 1.62. The monoisotopic (exact) mass is 369 g/mol. The van der Waals surface area contributed by atoms with Crippen LogP contribution < -0.4 is 14.9 Å². The normalized spacial score (nSPS) is 10.9. The van der Waals surface area contributed by atoms with Gasteiger partial charge in [-0.25, -0.2) is 4.98 Å². The van der Waals surface area contributed by atoms with Crippen molar-refractivity contribution >= 4 is 38.6 Å². The molecule has 2 aromatic rings. The summed E-state index contributed by atoms with van der Waals surface area (Å²) in [5.41, 5.74) is 4.77. The van der Waals surface area contributed by atoms with Gasteiger partial charge in [-0.3, -0.25) is 5.43 Å². The number of hydrogen-bond donors (Lipinski definition) is 1. The van der Waals surface area contributed by atoms with E-state index in [1.54, 1.807) is 13.3 Å². The molecular formula is C14H16BrN3O2S. The molecule has 5 nitrogen and oxygen atoms in total. The van der Waals surface area contributed by atoms with Crippen molar-refractivity contribution in [3.05, 3.63) is 33.2 Å². The highest BCUT2D eigenvalue weighted by atomic mass is 79.9. The van der Waals surface area contributed by atoms with Gasteiger partial charge in [-0.15, -0.1) is 11.3 Å². The Morgan fingerprint density at radius 3 is 2.86 bits per heavy atom. The number of halogens is 1. The van der Waals surface area contributed by atoms with Crippen LogP contribution in [0.2, 0.25) is 0 Å². The Kier molecular flexibility index (Phi) is 5.58. The van der Waals surface area contributed by atoms with E-state index < -0.39 is 0 Å². The van der Waals surface area contributed by atoms with Crippen LogP contribution in [0.1, 0.15) is 18.2 Å². The van der Waals surface area contributed by atoms with Gasteiger partial charge in [0.15, 0.2) is 11.5 Å². The van der Waals surface area contributed by atoms with Crippen LogP contribution in [0.5, 0.6) is 11.5 Å². The number of hydrogen-bond acceptors (Lipinski definition) is 6. The molecule has 0 bridgehead atoms. The van der Waals surface area contributed by atoms with Gasteiger partial charge < -0.3 is 9.47 Å². The molecule has 1 heterocycles. The summed E-state index contributed by atoms with van der Waals surface area (Å²) in [6.07, 6.45) is 1.71. The lowest BCUT2D eigenvalue weighted by Gasteiger charge is -2.11. The van der Waals surface area contributed by atoms with E-state index in [2.05, 4.69) is 31.4 Å². The minimum atomic E-state index is 0.575. The van der Waals surface area contributed by atoms with Crippen LogP contribution in [0.3, 0.4) is 0 Å². The zero-order chi connectivity index (χ0) is 15.2. The molecule has 0 unspecified atom stereocenters. The highest BCUT2D eigenvalue weighted by molar-refractivity contribution is 9.10. The minimum absolute atomic E-state index is 0.575. The second-order valence-electron chi connectivity index (χ2n) is 4.12. The fourth-order valence-electron chi connectivity index (χ4n) is 1.64. The van der Waals surface area contributed by atoms with Crippen LogP contribution in [0, 0.1) is 6.92 Å². The van der Waals surface area contributed by atoms with Gasteiger partial charge in [0.05, 0.1) is 25.6 Å². The topological polar surface area (TPSA) is 55.7 Å². The number of ether oxygens (including phenoxy) is 2. The number of anilines is 1. The molecular weight excluding hydrogens is 354 g/mol. The lowest BCUT2D eigenvalue weighted by atomic mass is 10.2. The maximum Gasteiger partial charge on any atom is 0.203 e. The van der Waals surface area contributed by atoms with Crippen LogP contribution >= 0.6 is 27.3 Å². The summed E-state index contributed by atoms with van der Waals surface area (Å²) in [5, 5.41) is 6.92. The summed E-state index contributed by atoms with van der Waals surface area (Å²) in [5.74, 6) is 1.37. The predicted molar refractivity (Wildman–Crippen MR) is 89.9 cm³/mol. The number of nitrogens with zero attached hydrogens (tertiary/aromatic N) is 2. The molecule has 0 radical (unpaired) electrons. The molecule has 0 aliphatic carbocycles. The summed E-state index contributed by atoms with van der Waals surface area (Å²) >= 11 is 5.01. The first kappa shape index (κ1) is 15.8. The summed E-state index contributed by atoms with van der Waals surface area (Å²) < 4.78 is 11.7. The smallest absolute Gasteiger partial charge is 0.203 e. The maximum atomic E-state index is 5.55. The molecule has 0 aliphatic heterocycles. The second-order valence-corrected chi connectivity index (χ2v) is 5.83. The van der Waals surface area contributed by atoms with Crippen molar-refractivity contribution in [2.75, 3.05) is 19.1 Å². The Morgan fingerprint density at radius 2 is 2.24 bits per heavy atom. The first-order valence-electron chi connectivity index (χ1n) is 6.35. The van der Waals surface area contributed by atoms with E-state index in [1.165, 1.54) is 11.3 Å². The quantitative estimate of drug-likeness (QED) is 0.615. The molecule has 0 atom stereocenters. The van der Waals surface area contributed by atoms with Crippen molar-refractivity contribution in [3.8, 4) is 11.5 Å². The lowest BCUT2D eigenvalue weighted by molar-refractivity contribution is 0.311. The number of thiazole rings is 1. The number of aryl methyl sites for hydroxylation is 1. The number of rotatable bonds is 6. The van der Waals surface area contributed by atoms with Crippen LogP contribution in [0.15, 0.2) is 27.1 Å². The average molecular weight is 370 g/mol. The molecule has 0 saturated carbocycles. The van der Waals surface area contributed by atoms with Crippen molar-refractivity contribution < 1.29 is 9.47 Å². The van der Waals surface area contributed by atoms with Crippen molar-refractivity contribution in [1.29, 1.82) is 0 Å². The van der Waals surface area contributed by atoms with Gasteiger partial charge in [0.2, 0.25) is 5.13 Å². The molecule has 0 spiro atoms. The molecule has 0 fully saturated rings. The minimum Gasteiger partial charge on any atom is -0.493 e. The standard InChI is InChI=1S/C14H16BrN3O2S/c1-4-20-13-5-10(11(15)6-12(13)19-3)7-16-18-14-17-9(2)8-21-14/h5-8H,4H2,1-3H3,(H,17,18). The Hall–Kier alpha value is -1.60. The molecule has 21 heavy (non-hydrogen) atoms. The Morgan fingerprint density at radius 1 is 1.43 bits per heavy atom. The third kappa shape index (κ3) is 4.18. The summed E-state index contributed by atoms with van der Waals surface area (Å²) in [4.78, 5) is 4.28. The van der Waals surface area contributed by atoms with E-state index in [1.807, 2.05) is 31.4 Å². The number of methoxy groups -OCH3 is 1. The largest absolute Gasteiger partial charge is 0.493 e. The number of nitrogens with one attached hydrogen (secondary N) is 1. The zero-order valence-electron chi connectivity index (χ0n) is 12.0. The molecule has 7 heteroatoms. The fourth-order valence-corrected chi connectivity index (χ4v) is 2.70. The van der Waals surface area contributed by atoms with Crippen molar-refractivity contribution in [2.24, 2.45) is 5.10 Å². The van der Waals surface area contributed by atoms with E-state index in [9.17, 15) is 0 Å². The second kappa shape index (κ2) is 7.42. The van der Waals surface area contributed by atoms with Crippen LogP contribution in [0.4, 0.5) is 5.13 Å². The molecule has 2 rings (SSSR count). The maximum absolute atomic E-state index is 5.55. The number of benzene rings is 1. The van der Waals surface area contributed by atoms with Gasteiger partial charge in [-0.2, -0.15) is 5.10 Å². The number of aromatic nitrogens is 1. The fraction of sp³-hybridized carbons (Fsp3) is 0.286. The lowest BCUT2D eigenvalue weighted by Crippen LogP contribution is -1.98. The molecule has 1 aromatic carbocycles. The van der Waals surface area contributed by atoms with Gasteiger partial charge in [0, 0.05) is 15.4 Å². The third-order valence-electron chi connectivity index (χ3n) is 2.57. The van der Waals surface area contributed by atoms with E-state index in [4.69, 9.17) is 9.47 Å². The average Bonchev–Trinajstić information content (AvgIpc) is 2.87. The number of hydrazone groups is 1. The molecule has 0 amide bonds. The van der Waals surface area contributed by atoms with Crippen molar-refractivity contribution in [3.63, 3.8) is 0 Å². The van der Waals surface area contributed by atoms with Crippen LogP contribution in [0.25, 0.3) is 0 Å². The SMILES string of the molecule is CCOc1cc(C=NNc2nc(C)cs2)c(Br)cc1OC. The van der Waals surface area contributed by atoms with Crippen LogP contribution in [-0.4, -0.2) is 24.9 Å². The van der Waals surface area contributed by atoms with Gasteiger partial charge in [-0.1, -0.05) is 0 Å². The van der Waals surface area contributed by atoms with Gasteiger partial charge in [0.1, 0.15) is 0 Å². The van der Waals surface area contributed by atoms with Crippen molar-refractivity contribution in [2.45, 2.75) is 13.8 Å². The van der Waals surface area contributed by atoms with E-state index in [0.717, 1.165) is 20.9 Å². The highest BCUT2D eigenvalue weighted by Crippen LogP contribution is 2.32. The predicted octanol–water partition coefficient (Wildman–Crippen LogP) is 4.07. The molecule has 1 aromatic heterocycles. The van der Waals surface area contributed by atoms with E-state index in [-0.39, 0.29) is 0 Å². The van der Waals surface area contributed by atoms with Crippen molar-refractivity contribution in [1.82, 2.24) is 4.98 Å². The highest BCUT2D eigenvalue weighted by Gasteiger charge is 2.08. The Labute approximate surface area is 136 Å². The molecule has 112 valence electrons. The summed E-state index contributed by atoms with van der Waals surface area (Å²) in [6.45, 7) is 4.45. The Balaban J connectivity index is 2.16. The van der Waals surface area contributed by atoms with E-state index >= 15 is 0 Å². The zero-order valence-corrected chi connectivity index (χ0v) is 14.4. The van der Waals surface area contributed by atoms with Gasteiger partial charge in [-0.05, 0) is 41.9 Å². The molecule has 0 saturated heterocycles. The van der Waals surface area contributed by atoms with E-state index in [0.29, 0.717) is 18.1 Å². The Bertz CT molecular complexity index is 643. The van der Waals surface area contributed by atoms with Crippen LogP contribution in [-0.2, 0) is 0 Å². The molecule has 1 N–H and O–H groups in total. The molecule has 0 aliphatic rings.